The van der Waals surface area contributed by atoms with Crippen molar-refractivity contribution in [3.05, 3.63) is 99.9 Å². The fraction of sp³-hybridized carbons (Fsp3) is 0.0800. The fourth-order valence-corrected chi connectivity index (χ4v) is 4.22. The van der Waals surface area contributed by atoms with Crippen molar-refractivity contribution in [2.45, 2.75) is 6.54 Å². The Morgan fingerprint density at radius 1 is 1.00 bits per heavy atom. The number of carbonyl (C=O) groups is 3. The van der Waals surface area contributed by atoms with Crippen LogP contribution in [0.25, 0.3) is 6.08 Å². The van der Waals surface area contributed by atoms with Gasteiger partial charge in [-0.1, -0.05) is 66.2 Å². The van der Waals surface area contributed by atoms with Gasteiger partial charge in [-0.2, -0.15) is 0 Å². The van der Waals surface area contributed by atoms with Gasteiger partial charge in [-0.05, 0) is 53.2 Å². The molecule has 0 aromatic heterocycles. The Kier molecular flexibility index (Phi) is 7.12. The maximum Gasteiger partial charge on any atom is 0.293 e. The number of hydrogen-bond donors (Lipinski definition) is 1. The van der Waals surface area contributed by atoms with Gasteiger partial charge in [-0.25, -0.2) is 0 Å². The molecule has 1 saturated heterocycles. The van der Waals surface area contributed by atoms with Gasteiger partial charge in [0.1, 0.15) is 5.75 Å². The van der Waals surface area contributed by atoms with E-state index in [1.54, 1.807) is 36.4 Å². The molecule has 3 aromatic carbocycles. The lowest BCUT2D eigenvalue weighted by Gasteiger charge is -2.12. The Morgan fingerprint density at radius 2 is 1.70 bits per heavy atom. The monoisotopic (exact) mass is 478 g/mol. The summed E-state index contributed by atoms with van der Waals surface area (Å²) in [6, 6.07) is 23.4. The van der Waals surface area contributed by atoms with Crippen LogP contribution in [0.5, 0.6) is 5.75 Å². The molecular weight excluding hydrogens is 460 g/mol. The van der Waals surface area contributed by atoms with Gasteiger partial charge in [0.2, 0.25) is 0 Å². The standard InChI is InChI=1S/C25H19ClN2O4S/c26-20-13-18(11-12-21(20)32-16-23(29)27-19-9-5-2-6-10-19)14-22-24(30)28(25(31)33-22)15-17-7-3-1-4-8-17/h1-14H,15-16H2,(H,27,29)/b22-14-. The van der Waals surface area contributed by atoms with Crippen molar-refractivity contribution in [2.24, 2.45) is 0 Å². The van der Waals surface area contributed by atoms with E-state index in [0.29, 0.717) is 26.9 Å². The molecule has 0 spiro atoms. The predicted molar refractivity (Wildman–Crippen MR) is 130 cm³/mol. The number of amides is 3. The largest absolute Gasteiger partial charge is 0.482 e. The van der Waals surface area contributed by atoms with Crippen molar-refractivity contribution in [2.75, 3.05) is 11.9 Å². The van der Waals surface area contributed by atoms with E-state index in [1.807, 2.05) is 48.5 Å². The quantitative estimate of drug-likeness (QED) is 0.448. The van der Waals surface area contributed by atoms with Crippen molar-refractivity contribution < 1.29 is 19.1 Å². The zero-order valence-electron chi connectivity index (χ0n) is 17.4. The smallest absolute Gasteiger partial charge is 0.293 e. The highest BCUT2D eigenvalue weighted by Crippen LogP contribution is 2.34. The molecule has 0 radical (unpaired) electrons. The number of ether oxygens (including phenoxy) is 1. The van der Waals surface area contributed by atoms with E-state index in [4.69, 9.17) is 16.3 Å². The summed E-state index contributed by atoms with van der Waals surface area (Å²) in [5.41, 5.74) is 2.20. The summed E-state index contributed by atoms with van der Waals surface area (Å²) >= 11 is 7.20. The van der Waals surface area contributed by atoms with Crippen LogP contribution in [0.15, 0.2) is 83.8 Å². The summed E-state index contributed by atoms with van der Waals surface area (Å²) in [7, 11) is 0. The summed E-state index contributed by atoms with van der Waals surface area (Å²) in [5.74, 6) is -0.314. The number of imide groups is 1. The molecule has 166 valence electrons. The topological polar surface area (TPSA) is 75.7 Å². The van der Waals surface area contributed by atoms with Crippen LogP contribution >= 0.6 is 23.4 Å². The summed E-state index contributed by atoms with van der Waals surface area (Å²) in [6.45, 7) is 0.0216. The van der Waals surface area contributed by atoms with E-state index in [1.165, 1.54) is 4.90 Å². The Morgan fingerprint density at radius 3 is 2.39 bits per heavy atom. The molecule has 3 aromatic rings. The molecule has 4 rings (SSSR count). The average Bonchev–Trinajstić information content (AvgIpc) is 3.07. The molecule has 0 atom stereocenters. The number of rotatable bonds is 7. The number of hydrogen-bond acceptors (Lipinski definition) is 5. The van der Waals surface area contributed by atoms with E-state index in [2.05, 4.69) is 5.32 Å². The minimum Gasteiger partial charge on any atom is -0.482 e. The summed E-state index contributed by atoms with van der Waals surface area (Å²) < 4.78 is 5.52. The van der Waals surface area contributed by atoms with Gasteiger partial charge < -0.3 is 10.1 Å². The number of carbonyl (C=O) groups excluding carboxylic acids is 3. The van der Waals surface area contributed by atoms with Crippen molar-refractivity contribution in [1.82, 2.24) is 4.90 Å². The third kappa shape index (κ3) is 5.83. The average molecular weight is 479 g/mol. The van der Waals surface area contributed by atoms with Crippen LogP contribution in [-0.4, -0.2) is 28.6 Å². The minimum atomic E-state index is -0.345. The number of anilines is 1. The Balaban J connectivity index is 1.39. The van der Waals surface area contributed by atoms with Crippen molar-refractivity contribution in [1.29, 1.82) is 0 Å². The fourth-order valence-electron chi connectivity index (χ4n) is 3.14. The van der Waals surface area contributed by atoms with Gasteiger partial charge >= 0.3 is 0 Å². The molecule has 1 aliphatic rings. The van der Waals surface area contributed by atoms with Crippen LogP contribution in [-0.2, 0) is 16.1 Å². The molecule has 1 fully saturated rings. The van der Waals surface area contributed by atoms with Crippen molar-refractivity contribution in [3.8, 4) is 5.75 Å². The molecule has 3 amide bonds. The minimum absolute atomic E-state index is 0.202. The van der Waals surface area contributed by atoms with E-state index in [-0.39, 0.29) is 30.2 Å². The maximum absolute atomic E-state index is 12.7. The first-order valence-corrected chi connectivity index (χ1v) is 11.3. The molecule has 1 N–H and O–H groups in total. The molecule has 8 heteroatoms. The van der Waals surface area contributed by atoms with Gasteiger partial charge in [0.15, 0.2) is 6.61 Å². The number of nitrogens with zero attached hydrogens (tertiary/aromatic N) is 1. The number of halogens is 1. The first kappa shape index (κ1) is 22.6. The molecule has 0 unspecified atom stereocenters. The summed E-state index contributed by atoms with van der Waals surface area (Å²) in [4.78, 5) is 38.6. The number of thioether (sulfide) groups is 1. The second-order valence-electron chi connectivity index (χ2n) is 7.15. The van der Waals surface area contributed by atoms with E-state index < -0.39 is 0 Å². The molecule has 0 saturated carbocycles. The van der Waals surface area contributed by atoms with Gasteiger partial charge in [0, 0.05) is 5.69 Å². The van der Waals surface area contributed by atoms with Gasteiger partial charge in [0.05, 0.1) is 16.5 Å². The first-order valence-electron chi connectivity index (χ1n) is 10.1. The van der Waals surface area contributed by atoms with Gasteiger partial charge in [-0.3, -0.25) is 19.3 Å². The SMILES string of the molecule is O=C(COc1ccc(/C=C2\SC(=O)N(Cc3ccccc3)C2=O)cc1Cl)Nc1ccccc1. The Bertz CT molecular complexity index is 1220. The van der Waals surface area contributed by atoms with Crippen LogP contribution in [0.2, 0.25) is 5.02 Å². The van der Waals surface area contributed by atoms with Crippen LogP contribution in [0.3, 0.4) is 0 Å². The zero-order chi connectivity index (χ0) is 23.2. The zero-order valence-corrected chi connectivity index (χ0v) is 18.9. The van der Waals surface area contributed by atoms with Crippen LogP contribution < -0.4 is 10.1 Å². The Hall–Kier alpha value is -3.55. The summed E-state index contributed by atoms with van der Waals surface area (Å²) in [5, 5.41) is 2.71. The summed E-state index contributed by atoms with van der Waals surface area (Å²) in [6.07, 6.45) is 1.62. The van der Waals surface area contributed by atoms with E-state index in [9.17, 15) is 14.4 Å². The third-order valence-electron chi connectivity index (χ3n) is 4.73. The predicted octanol–water partition coefficient (Wildman–Crippen LogP) is 5.59. The lowest BCUT2D eigenvalue weighted by atomic mass is 10.2. The number of benzene rings is 3. The highest BCUT2D eigenvalue weighted by atomic mass is 35.5. The van der Waals surface area contributed by atoms with Crippen molar-refractivity contribution in [3.63, 3.8) is 0 Å². The van der Waals surface area contributed by atoms with E-state index >= 15 is 0 Å². The molecule has 6 nitrogen and oxygen atoms in total. The number of nitrogens with one attached hydrogen (secondary N) is 1. The lowest BCUT2D eigenvalue weighted by molar-refractivity contribution is -0.123. The van der Waals surface area contributed by atoms with Gasteiger partial charge in [0.25, 0.3) is 17.1 Å². The van der Waals surface area contributed by atoms with Crippen LogP contribution in [0.1, 0.15) is 11.1 Å². The third-order valence-corrected chi connectivity index (χ3v) is 5.93. The molecule has 0 aliphatic carbocycles. The van der Waals surface area contributed by atoms with Gasteiger partial charge in [-0.15, -0.1) is 0 Å². The molecular formula is C25H19ClN2O4S. The van der Waals surface area contributed by atoms with Crippen LogP contribution in [0.4, 0.5) is 10.5 Å². The highest BCUT2D eigenvalue weighted by molar-refractivity contribution is 8.18. The second-order valence-corrected chi connectivity index (χ2v) is 8.55. The first-order chi connectivity index (χ1) is 16.0. The second kappa shape index (κ2) is 10.4. The normalized spacial score (nSPS) is 14.6. The molecule has 1 heterocycles. The lowest BCUT2D eigenvalue weighted by Crippen LogP contribution is -2.27. The van der Waals surface area contributed by atoms with Crippen LogP contribution in [0, 0.1) is 0 Å². The van der Waals surface area contributed by atoms with E-state index in [0.717, 1.165) is 17.3 Å². The van der Waals surface area contributed by atoms with Crippen molar-refractivity contribution >= 4 is 52.2 Å². The molecule has 33 heavy (non-hydrogen) atoms. The number of para-hydroxylation sites is 1. The Labute approximate surface area is 200 Å². The highest BCUT2D eigenvalue weighted by Gasteiger charge is 2.34. The molecule has 1 aliphatic heterocycles. The maximum atomic E-state index is 12.7. The molecule has 0 bridgehead atoms.